The van der Waals surface area contributed by atoms with Crippen molar-refractivity contribution in [1.29, 1.82) is 0 Å². The second-order valence-electron chi connectivity index (χ2n) is 4.88. The van der Waals surface area contributed by atoms with Crippen molar-refractivity contribution in [3.8, 4) is 0 Å². The molecule has 0 radical (unpaired) electrons. The molecule has 108 valence electrons. The highest BCUT2D eigenvalue weighted by Crippen LogP contribution is 2.24. The van der Waals surface area contributed by atoms with Crippen molar-refractivity contribution in [2.24, 2.45) is 0 Å². The summed E-state index contributed by atoms with van der Waals surface area (Å²) in [5.41, 5.74) is 0. The molecule has 0 heterocycles. The van der Waals surface area contributed by atoms with Gasteiger partial charge in [-0.3, -0.25) is 0 Å². The Labute approximate surface area is 111 Å². The van der Waals surface area contributed by atoms with Crippen LogP contribution in [-0.2, 0) is 10.2 Å². The first-order valence-electron chi connectivity index (χ1n) is 6.88. The fourth-order valence-electron chi connectivity index (χ4n) is 2.50. The lowest BCUT2D eigenvalue weighted by Gasteiger charge is -2.34. The molecule has 6 heteroatoms. The number of rotatable bonds is 7. The number of hydrogen-bond acceptors (Lipinski definition) is 3. The van der Waals surface area contributed by atoms with Gasteiger partial charge < -0.3 is 5.11 Å². The van der Waals surface area contributed by atoms with E-state index in [0.29, 0.717) is 19.5 Å². The summed E-state index contributed by atoms with van der Waals surface area (Å²) in [5, 5.41) is 8.83. The van der Waals surface area contributed by atoms with Gasteiger partial charge in [0.05, 0.1) is 0 Å². The zero-order valence-electron chi connectivity index (χ0n) is 11.5. The Morgan fingerprint density at radius 3 is 2.33 bits per heavy atom. The molecule has 0 aromatic carbocycles. The Bertz CT molecular complexity index is 326. The Balaban J connectivity index is 2.69. The van der Waals surface area contributed by atoms with Crippen LogP contribution in [0.5, 0.6) is 0 Å². The number of aliphatic hydroxyl groups is 1. The van der Waals surface area contributed by atoms with E-state index >= 15 is 0 Å². The molecule has 0 amide bonds. The third-order valence-corrected chi connectivity index (χ3v) is 5.82. The molecule has 0 aromatic rings. The van der Waals surface area contributed by atoms with Crippen LogP contribution in [0.1, 0.15) is 45.4 Å². The van der Waals surface area contributed by atoms with Crippen LogP contribution in [0.2, 0.25) is 0 Å². The van der Waals surface area contributed by atoms with Gasteiger partial charge in [0.1, 0.15) is 0 Å². The Morgan fingerprint density at radius 2 is 1.83 bits per heavy atom. The Kier molecular flexibility index (Phi) is 6.55. The van der Waals surface area contributed by atoms with Gasteiger partial charge in [0, 0.05) is 32.8 Å². The molecule has 1 fully saturated rings. The molecule has 1 rings (SSSR count). The summed E-state index contributed by atoms with van der Waals surface area (Å²) >= 11 is 0. The smallest absolute Gasteiger partial charge is 0.281 e. The van der Waals surface area contributed by atoms with Gasteiger partial charge in [0.2, 0.25) is 0 Å². The third kappa shape index (κ3) is 3.91. The van der Waals surface area contributed by atoms with Crippen LogP contribution < -0.4 is 0 Å². The van der Waals surface area contributed by atoms with Crippen molar-refractivity contribution in [1.82, 2.24) is 8.61 Å². The summed E-state index contributed by atoms with van der Waals surface area (Å²) < 4.78 is 27.9. The van der Waals surface area contributed by atoms with Gasteiger partial charge in [0.25, 0.3) is 10.2 Å². The Hall–Kier alpha value is -0.170. The van der Waals surface area contributed by atoms with Gasteiger partial charge in [-0.05, 0) is 19.3 Å². The normalized spacial score (nSPS) is 18.7. The zero-order chi connectivity index (χ0) is 13.6. The lowest BCUT2D eigenvalue weighted by molar-refractivity contribution is 0.247. The van der Waals surface area contributed by atoms with Gasteiger partial charge in [-0.25, -0.2) is 0 Å². The molecule has 0 spiro atoms. The molecule has 1 saturated carbocycles. The van der Waals surface area contributed by atoms with Crippen molar-refractivity contribution in [2.75, 3.05) is 26.7 Å². The van der Waals surface area contributed by atoms with E-state index < -0.39 is 10.2 Å². The lowest BCUT2D eigenvalue weighted by atomic mass is 9.96. The highest BCUT2D eigenvalue weighted by Gasteiger charge is 2.31. The summed E-state index contributed by atoms with van der Waals surface area (Å²) in [6, 6.07) is 0.145. The minimum Gasteiger partial charge on any atom is -0.396 e. The van der Waals surface area contributed by atoms with Crippen LogP contribution in [0.4, 0.5) is 0 Å². The van der Waals surface area contributed by atoms with Gasteiger partial charge >= 0.3 is 0 Å². The van der Waals surface area contributed by atoms with Crippen LogP contribution in [0, 0.1) is 0 Å². The molecule has 0 aliphatic heterocycles. The molecule has 0 bridgehead atoms. The lowest BCUT2D eigenvalue weighted by Crippen LogP contribution is -2.47. The Morgan fingerprint density at radius 1 is 1.22 bits per heavy atom. The second kappa shape index (κ2) is 7.43. The summed E-state index contributed by atoms with van der Waals surface area (Å²) in [6.45, 7) is 2.72. The minimum atomic E-state index is -3.37. The van der Waals surface area contributed by atoms with E-state index in [1.165, 1.54) is 15.0 Å². The molecule has 18 heavy (non-hydrogen) atoms. The summed E-state index contributed by atoms with van der Waals surface area (Å²) in [4.78, 5) is 0. The highest BCUT2D eigenvalue weighted by atomic mass is 32.2. The van der Waals surface area contributed by atoms with Crippen LogP contribution in [-0.4, -0.2) is 54.9 Å². The summed E-state index contributed by atoms with van der Waals surface area (Å²) in [5.74, 6) is 0. The minimum absolute atomic E-state index is 0.0269. The molecular formula is C12H26N2O3S. The standard InChI is InChI=1S/C12H26N2O3S/c1-3-14(10-7-11-15)18(16,17)13(2)12-8-5-4-6-9-12/h12,15H,3-11H2,1-2H3. The molecule has 1 aliphatic rings. The van der Waals surface area contributed by atoms with E-state index in [1.807, 2.05) is 6.92 Å². The molecular weight excluding hydrogens is 252 g/mol. The van der Waals surface area contributed by atoms with Gasteiger partial charge in [-0.15, -0.1) is 0 Å². The van der Waals surface area contributed by atoms with E-state index in [4.69, 9.17) is 5.11 Å². The molecule has 1 N–H and O–H groups in total. The molecule has 0 unspecified atom stereocenters. The molecule has 0 aromatic heterocycles. The molecule has 1 aliphatic carbocycles. The number of nitrogens with zero attached hydrogens (tertiary/aromatic N) is 2. The van der Waals surface area contributed by atoms with Crippen LogP contribution in [0.15, 0.2) is 0 Å². The maximum absolute atomic E-state index is 12.4. The van der Waals surface area contributed by atoms with Crippen molar-refractivity contribution in [3.63, 3.8) is 0 Å². The van der Waals surface area contributed by atoms with E-state index in [-0.39, 0.29) is 12.6 Å². The van der Waals surface area contributed by atoms with Gasteiger partial charge in [0.15, 0.2) is 0 Å². The topological polar surface area (TPSA) is 60.9 Å². The van der Waals surface area contributed by atoms with Gasteiger partial charge in [-0.1, -0.05) is 26.2 Å². The monoisotopic (exact) mass is 278 g/mol. The summed E-state index contributed by atoms with van der Waals surface area (Å²) in [6.07, 6.45) is 5.87. The van der Waals surface area contributed by atoms with Crippen molar-refractivity contribution in [2.45, 2.75) is 51.5 Å². The van der Waals surface area contributed by atoms with Crippen molar-refractivity contribution >= 4 is 10.2 Å². The average Bonchev–Trinajstić information content (AvgIpc) is 2.39. The van der Waals surface area contributed by atoms with E-state index in [9.17, 15) is 8.42 Å². The van der Waals surface area contributed by atoms with Crippen LogP contribution >= 0.6 is 0 Å². The second-order valence-corrected chi connectivity index (χ2v) is 6.87. The van der Waals surface area contributed by atoms with E-state index in [2.05, 4.69) is 0 Å². The average molecular weight is 278 g/mol. The fourth-order valence-corrected chi connectivity index (χ4v) is 4.14. The van der Waals surface area contributed by atoms with Crippen LogP contribution in [0.3, 0.4) is 0 Å². The number of hydrogen-bond donors (Lipinski definition) is 1. The maximum Gasteiger partial charge on any atom is 0.281 e. The largest absolute Gasteiger partial charge is 0.396 e. The van der Waals surface area contributed by atoms with Gasteiger partial charge in [-0.2, -0.15) is 17.0 Å². The molecule has 5 nitrogen and oxygen atoms in total. The van der Waals surface area contributed by atoms with Crippen LogP contribution in [0.25, 0.3) is 0 Å². The number of aliphatic hydroxyl groups excluding tert-OH is 1. The fraction of sp³-hybridized carbons (Fsp3) is 1.00. The SMILES string of the molecule is CCN(CCCO)S(=O)(=O)N(C)C1CCCCC1. The first kappa shape index (κ1) is 15.9. The van der Waals surface area contributed by atoms with E-state index in [0.717, 1.165) is 25.7 Å². The van der Waals surface area contributed by atoms with Crippen molar-refractivity contribution in [3.05, 3.63) is 0 Å². The molecule has 0 atom stereocenters. The first-order chi connectivity index (χ1) is 8.54. The first-order valence-corrected chi connectivity index (χ1v) is 8.27. The highest BCUT2D eigenvalue weighted by molar-refractivity contribution is 7.86. The predicted octanol–water partition coefficient (Wildman–Crippen LogP) is 1.20. The maximum atomic E-state index is 12.4. The zero-order valence-corrected chi connectivity index (χ0v) is 12.3. The van der Waals surface area contributed by atoms with Crippen molar-refractivity contribution < 1.29 is 13.5 Å². The molecule has 0 saturated heterocycles. The third-order valence-electron chi connectivity index (χ3n) is 3.70. The van der Waals surface area contributed by atoms with E-state index in [1.54, 1.807) is 7.05 Å². The summed E-state index contributed by atoms with van der Waals surface area (Å²) in [7, 11) is -1.68. The quantitative estimate of drug-likeness (QED) is 0.761. The predicted molar refractivity (Wildman–Crippen MR) is 72.5 cm³/mol.